The lowest BCUT2D eigenvalue weighted by atomic mass is 10.1. The molecule has 1 aromatic rings. The van der Waals surface area contributed by atoms with E-state index in [4.69, 9.17) is 32.7 Å². The summed E-state index contributed by atoms with van der Waals surface area (Å²) in [6.07, 6.45) is 1.06. The van der Waals surface area contributed by atoms with E-state index in [1.165, 1.54) is 19.2 Å². The lowest BCUT2D eigenvalue weighted by Crippen LogP contribution is -2.09. The van der Waals surface area contributed by atoms with Crippen LogP contribution in [0.3, 0.4) is 0 Å². The zero-order chi connectivity index (χ0) is 15.3. The van der Waals surface area contributed by atoms with Gasteiger partial charge in [-0.2, -0.15) is 0 Å². The van der Waals surface area contributed by atoms with Crippen LogP contribution >= 0.6 is 23.2 Å². The smallest absolute Gasteiger partial charge is 0.253 e. The molecule has 20 heavy (non-hydrogen) atoms. The number of benzene rings is 1. The topological polar surface area (TPSA) is 69.7 Å². The average molecular weight is 341 g/mol. The predicted molar refractivity (Wildman–Crippen MR) is 76.3 cm³/mol. The first kappa shape index (κ1) is 17.4. The molecule has 0 radical (unpaired) electrons. The first-order valence-electron chi connectivity index (χ1n) is 5.57. The predicted octanol–water partition coefficient (Wildman–Crippen LogP) is 2.29. The molecule has 112 valence electrons. The molecule has 0 unspecified atom stereocenters. The highest BCUT2D eigenvalue weighted by Crippen LogP contribution is 2.29. The van der Waals surface area contributed by atoms with Crippen molar-refractivity contribution in [2.24, 2.45) is 0 Å². The zero-order valence-electron chi connectivity index (χ0n) is 11.0. The molecule has 0 spiro atoms. The number of halogens is 2. The number of sulfone groups is 1. The number of carbonyl (C=O) groups is 1. The molecular weight excluding hydrogens is 327 g/mol. The third-order valence-electron chi connectivity index (χ3n) is 2.49. The molecule has 0 N–H and O–H groups in total. The van der Waals surface area contributed by atoms with E-state index >= 15 is 0 Å². The molecule has 5 nitrogen and oxygen atoms in total. The standard InChI is InChI=1S/C12H14Cl2O5S/c1-18-5-6-19-7-9-10(20(2,16)17)4-3-8(11(9)13)12(14)15/h3-4H,5-7H2,1-2H3. The van der Waals surface area contributed by atoms with Gasteiger partial charge in [-0.05, 0) is 23.7 Å². The van der Waals surface area contributed by atoms with Crippen LogP contribution in [0.15, 0.2) is 17.0 Å². The summed E-state index contributed by atoms with van der Waals surface area (Å²) in [6, 6.07) is 2.58. The summed E-state index contributed by atoms with van der Waals surface area (Å²) in [7, 11) is -1.97. The average Bonchev–Trinajstić information content (AvgIpc) is 2.34. The van der Waals surface area contributed by atoms with Crippen molar-refractivity contribution in [1.82, 2.24) is 0 Å². The third kappa shape index (κ3) is 4.43. The van der Waals surface area contributed by atoms with Crippen LogP contribution in [0.2, 0.25) is 5.02 Å². The Morgan fingerprint density at radius 3 is 2.45 bits per heavy atom. The zero-order valence-corrected chi connectivity index (χ0v) is 13.3. The molecule has 0 fully saturated rings. The fourth-order valence-electron chi connectivity index (χ4n) is 1.55. The first-order chi connectivity index (χ1) is 9.29. The summed E-state index contributed by atoms with van der Waals surface area (Å²) in [4.78, 5) is 11.2. The number of hydrogen-bond acceptors (Lipinski definition) is 5. The van der Waals surface area contributed by atoms with Crippen molar-refractivity contribution >= 4 is 38.3 Å². The van der Waals surface area contributed by atoms with Gasteiger partial charge in [0.25, 0.3) is 5.24 Å². The molecule has 0 heterocycles. The minimum Gasteiger partial charge on any atom is -0.382 e. The van der Waals surface area contributed by atoms with Crippen LogP contribution in [0.5, 0.6) is 0 Å². The molecule has 0 amide bonds. The maximum atomic E-state index is 11.7. The van der Waals surface area contributed by atoms with Gasteiger partial charge in [0, 0.05) is 18.9 Å². The van der Waals surface area contributed by atoms with Crippen LogP contribution in [0.4, 0.5) is 0 Å². The second-order valence-corrected chi connectivity index (χ2v) is 6.70. The highest BCUT2D eigenvalue weighted by molar-refractivity contribution is 7.90. The molecule has 0 saturated carbocycles. The number of rotatable bonds is 7. The Labute approximate surface area is 127 Å². The summed E-state index contributed by atoms with van der Waals surface area (Å²) >= 11 is 11.4. The van der Waals surface area contributed by atoms with Crippen molar-refractivity contribution in [2.45, 2.75) is 11.5 Å². The van der Waals surface area contributed by atoms with E-state index in [0.717, 1.165) is 6.26 Å². The molecular formula is C12H14Cl2O5S. The van der Waals surface area contributed by atoms with Gasteiger partial charge >= 0.3 is 0 Å². The fraction of sp³-hybridized carbons (Fsp3) is 0.417. The van der Waals surface area contributed by atoms with Crippen LogP contribution in [0, 0.1) is 0 Å². The van der Waals surface area contributed by atoms with Gasteiger partial charge < -0.3 is 9.47 Å². The Morgan fingerprint density at radius 1 is 1.30 bits per heavy atom. The first-order valence-corrected chi connectivity index (χ1v) is 8.21. The third-order valence-corrected chi connectivity index (χ3v) is 4.31. The lowest BCUT2D eigenvalue weighted by molar-refractivity contribution is 0.0607. The van der Waals surface area contributed by atoms with Gasteiger partial charge in [0.1, 0.15) is 0 Å². The summed E-state index contributed by atoms with van der Waals surface area (Å²) in [6.45, 7) is 0.581. The largest absolute Gasteiger partial charge is 0.382 e. The van der Waals surface area contributed by atoms with Crippen molar-refractivity contribution in [3.63, 3.8) is 0 Å². The van der Waals surface area contributed by atoms with E-state index in [-0.39, 0.29) is 34.3 Å². The van der Waals surface area contributed by atoms with E-state index in [1.54, 1.807) is 0 Å². The van der Waals surface area contributed by atoms with Gasteiger partial charge in [-0.1, -0.05) is 11.6 Å². The van der Waals surface area contributed by atoms with Crippen LogP contribution in [0.25, 0.3) is 0 Å². The van der Waals surface area contributed by atoms with E-state index < -0.39 is 15.1 Å². The van der Waals surface area contributed by atoms with E-state index in [1.807, 2.05) is 0 Å². The SMILES string of the molecule is COCCOCc1c(S(C)(=O)=O)ccc(C(=O)Cl)c1Cl. The van der Waals surface area contributed by atoms with Gasteiger partial charge in [0.15, 0.2) is 9.84 Å². The molecule has 0 saturated heterocycles. The monoisotopic (exact) mass is 340 g/mol. The summed E-state index contributed by atoms with van der Waals surface area (Å²) < 4.78 is 33.5. The summed E-state index contributed by atoms with van der Waals surface area (Å²) in [5, 5.41) is -0.765. The van der Waals surface area contributed by atoms with Crippen molar-refractivity contribution in [3.05, 3.63) is 28.3 Å². The van der Waals surface area contributed by atoms with Gasteiger partial charge in [0.2, 0.25) is 0 Å². The second-order valence-electron chi connectivity index (χ2n) is 4.00. The van der Waals surface area contributed by atoms with Crippen molar-refractivity contribution in [3.8, 4) is 0 Å². The highest BCUT2D eigenvalue weighted by atomic mass is 35.5. The van der Waals surface area contributed by atoms with Crippen LogP contribution in [0.1, 0.15) is 15.9 Å². The quantitative estimate of drug-likeness (QED) is 0.562. The van der Waals surface area contributed by atoms with E-state index in [2.05, 4.69) is 0 Å². The fourth-order valence-corrected chi connectivity index (χ4v) is 3.04. The van der Waals surface area contributed by atoms with E-state index in [9.17, 15) is 13.2 Å². The Bertz CT molecular complexity index is 598. The van der Waals surface area contributed by atoms with Crippen LogP contribution in [-0.4, -0.2) is 40.2 Å². The molecule has 8 heteroatoms. The minimum absolute atomic E-state index is 0.00894. The maximum Gasteiger partial charge on any atom is 0.253 e. The maximum absolute atomic E-state index is 11.7. The molecule has 0 aromatic heterocycles. The van der Waals surface area contributed by atoms with Crippen LogP contribution in [-0.2, 0) is 25.9 Å². The summed E-state index contributed by atoms with van der Waals surface area (Å²) in [5.74, 6) is 0. The van der Waals surface area contributed by atoms with Gasteiger partial charge in [-0.15, -0.1) is 0 Å². The minimum atomic E-state index is -3.49. The second kappa shape index (κ2) is 7.38. The van der Waals surface area contributed by atoms with Gasteiger partial charge in [-0.3, -0.25) is 4.79 Å². The van der Waals surface area contributed by atoms with Crippen molar-refractivity contribution < 1.29 is 22.7 Å². The Morgan fingerprint density at radius 2 is 1.95 bits per heavy atom. The molecule has 0 aliphatic heterocycles. The molecule has 0 aliphatic carbocycles. The van der Waals surface area contributed by atoms with Crippen molar-refractivity contribution in [1.29, 1.82) is 0 Å². The van der Waals surface area contributed by atoms with Crippen molar-refractivity contribution in [2.75, 3.05) is 26.6 Å². The summed E-state index contributed by atoms with van der Waals surface area (Å²) in [5.41, 5.74) is 0.267. The molecule has 1 rings (SSSR count). The normalized spacial score (nSPS) is 11.6. The number of ether oxygens (including phenoxy) is 2. The van der Waals surface area contributed by atoms with Gasteiger partial charge in [0.05, 0.1) is 35.3 Å². The Balaban J connectivity index is 3.20. The molecule has 1 aromatic carbocycles. The molecule has 0 atom stereocenters. The van der Waals surface area contributed by atoms with E-state index in [0.29, 0.717) is 6.61 Å². The van der Waals surface area contributed by atoms with Gasteiger partial charge in [-0.25, -0.2) is 8.42 Å². The lowest BCUT2D eigenvalue weighted by Gasteiger charge is -2.12. The Kier molecular flexibility index (Phi) is 6.42. The van der Waals surface area contributed by atoms with Crippen LogP contribution < -0.4 is 0 Å². The number of methoxy groups -OCH3 is 1. The number of carbonyl (C=O) groups excluding carboxylic acids is 1. The number of hydrogen-bond donors (Lipinski definition) is 0. The molecule has 0 bridgehead atoms. The Hall–Kier alpha value is -0.660. The highest BCUT2D eigenvalue weighted by Gasteiger charge is 2.21. The molecule has 0 aliphatic rings.